The van der Waals surface area contributed by atoms with Crippen LogP contribution in [0, 0.1) is 0 Å². The third-order valence-electron chi connectivity index (χ3n) is 1.00. The van der Waals surface area contributed by atoms with Crippen LogP contribution in [-0.4, -0.2) is 16.3 Å². The lowest BCUT2D eigenvalue weighted by Crippen LogP contribution is -1.97. The summed E-state index contributed by atoms with van der Waals surface area (Å²) < 4.78 is 5.87. The second-order valence-corrected chi connectivity index (χ2v) is 2.04. The summed E-state index contributed by atoms with van der Waals surface area (Å²) in [5, 5.41) is 4.06. The Morgan fingerprint density at radius 3 is 3.00 bits per heavy atom. The van der Waals surface area contributed by atoms with Gasteiger partial charge in [-0.2, -0.15) is 5.10 Å². The first-order chi connectivity index (χ1) is 4.75. The lowest BCUT2D eigenvalue weighted by atomic mass is 10.7. The average Bonchev–Trinajstić information content (AvgIpc) is 2.20. The number of nitrogens with zero attached hydrogens (tertiary/aromatic N) is 2. The molecular weight excluding hydrogens is 156 g/mol. The Kier molecular flexibility index (Phi) is 1.91. The van der Waals surface area contributed by atoms with E-state index in [1.807, 2.05) is 0 Å². The van der Waals surface area contributed by atoms with Gasteiger partial charge in [0.25, 0.3) is 6.47 Å². The molecule has 1 heterocycles. The molecule has 0 bridgehead atoms. The third-order valence-corrected chi connectivity index (χ3v) is 1.26. The third kappa shape index (κ3) is 1.11. The summed E-state index contributed by atoms with van der Waals surface area (Å²) in [7, 11) is 1.63. The molecule has 0 unspecified atom stereocenters. The van der Waals surface area contributed by atoms with Crippen LogP contribution in [0.3, 0.4) is 0 Å². The van der Waals surface area contributed by atoms with Gasteiger partial charge in [-0.15, -0.1) is 0 Å². The first kappa shape index (κ1) is 7.08. The van der Waals surface area contributed by atoms with Gasteiger partial charge in [-0.05, 0) is 0 Å². The smallest absolute Gasteiger partial charge is 0.299 e. The standard InChI is InChI=1S/C5H5ClN2O2/c1-8-5(10-3-9)4(6)2-7-8/h2-3H,1H3. The molecule has 0 aliphatic heterocycles. The van der Waals surface area contributed by atoms with Gasteiger partial charge in [-0.1, -0.05) is 11.6 Å². The molecule has 0 N–H and O–H groups in total. The van der Waals surface area contributed by atoms with E-state index in [1.54, 1.807) is 7.05 Å². The molecule has 0 aromatic carbocycles. The van der Waals surface area contributed by atoms with E-state index < -0.39 is 0 Å². The monoisotopic (exact) mass is 160 g/mol. The minimum absolute atomic E-state index is 0.261. The Morgan fingerprint density at radius 1 is 1.90 bits per heavy atom. The number of halogens is 1. The lowest BCUT2D eigenvalue weighted by Gasteiger charge is -1.95. The number of carbonyl (C=O) groups excluding carboxylic acids is 1. The highest BCUT2D eigenvalue weighted by atomic mass is 35.5. The van der Waals surface area contributed by atoms with E-state index in [1.165, 1.54) is 10.9 Å². The topological polar surface area (TPSA) is 44.1 Å². The van der Waals surface area contributed by atoms with Gasteiger partial charge in [-0.3, -0.25) is 4.79 Å². The fraction of sp³-hybridized carbons (Fsp3) is 0.200. The highest BCUT2D eigenvalue weighted by Gasteiger charge is 2.05. The van der Waals surface area contributed by atoms with E-state index in [0.717, 1.165) is 0 Å². The van der Waals surface area contributed by atoms with Gasteiger partial charge in [0, 0.05) is 7.05 Å². The van der Waals surface area contributed by atoms with Crippen molar-refractivity contribution in [3.8, 4) is 5.88 Å². The fourth-order valence-electron chi connectivity index (χ4n) is 0.578. The lowest BCUT2D eigenvalue weighted by molar-refractivity contribution is -0.121. The molecule has 1 aromatic rings. The molecule has 10 heavy (non-hydrogen) atoms. The van der Waals surface area contributed by atoms with Gasteiger partial charge in [0.05, 0.1) is 6.20 Å². The van der Waals surface area contributed by atoms with Gasteiger partial charge in [0.2, 0.25) is 5.88 Å². The molecule has 54 valence electrons. The number of hydrogen-bond donors (Lipinski definition) is 0. The van der Waals surface area contributed by atoms with Crippen molar-refractivity contribution < 1.29 is 9.53 Å². The molecule has 0 radical (unpaired) electrons. The molecule has 5 heteroatoms. The summed E-state index contributed by atoms with van der Waals surface area (Å²) in [5.74, 6) is 0.261. The maximum atomic E-state index is 9.85. The van der Waals surface area contributed by atoms with Crippen molar-refractivity contribution in [2.24, 2.45) is 7.05 Å². The Morgan fingerprint density at radius 2 is 2.60 bits per heavy atom. The highest BCUT2D eigenvalue weighted by Crippen LogP contribution is 2.21. The van der Waals surface area contributed by atoms with Gasteiger partial charge in [0.15, 0.2) is 0 Å². The highest BCUT2D eigenvalue weighted by molar-refractivity contribution is 6.31. The zero-order valence-corrected chi connectivity index (χ0v) is 6.00. The normalized spacial score (nSPS) is 9.40. The molecule has 1 aromatic heterocycles. The van der Waals surface area contributed by atoms with E-state index in [4.69, 9.17) is 11.6 Å². The molecule has 0 aliphatic rings. The number of hydrogen-bond acceptors (Lipinski definition) is 3. The van der Waals surface area contributed by atoms with Crippen molar-refractivity contribution in [2.75, 3.05) is 0 Å². The van der Waals surface area contributed by atoms with Crippen LogP contribution in [0.2, 0.25) is 5.02 Å². The predicted molar refractivity (Wildman–Crippen MR) is 34.9 cm³/mol. The van der Waals surface area contributed by atoms with Crippen molar-refractivity contribution in [1.82, 2.24) is 9.78 Å². The number of rotatable bonds is 2. The Bertz CT molecular complexity index is 226. The van der Waals surface area contributed by atoms with E-state index in [-0.39, 0.29) is 5.88 Å². The summed E-state index contributed by atoms with van der Waals surface area (Å²) in [6.07, 6.45) is 1.40. The van der Waals surface area contributed by atoms with Crippen molar-refractivity contribution >= 4 is 18.1 Å². The summed E-state index contributed by atoms with van der Waals surface area (Å²) in [6.45, 7) is 0.308. The minimum Gasteiger partial charge on any atom is -0.408 e. The average molecular weight is 161 g/mol. The van der Waals surface area contributed by atoms with Crippen LogP contribution in [0.15, 0.2) is 6.20 Å². The molecule has 0 saturated carbocycles. The van der Waals surface area contributed by atoms with E-state index in [0.29, 0.717) is 11.5 Å². The fourth-order valence-corrected chi connectivity index (χ4v) is 0.788. The Hall–Kier alpha value is -1.03. The molecule has 0 atom stereocenters. The molecule has 0 fully saturated rings. The van der Waals surface area contributed by atoms with E-state index in [2.05, 4.69) is 9.84 Å². The number of carbonyl (C=O) groups is 1. The summed E-state index contributed by atoms with van der Waals surface area (Å²) >= 11 is 5.56. The van der Waals surface area contributed by atoms with Crippen LogP contribution in [0.5, 0.6) is 5.88 Å². The van der Waals surface area contributed by atoms with Crippen molar-refractivity contribution in [2.45, 2.75) is 0 Å². The Balaban J connectivity index is 2.97. The molecule has 0 amide bonds. The first-order valence-electron chi connectivity index (χ1n) is 2.53. The molecule has 1 rings (SSSR count). The Labute approximate surface area is 62.3 Å². The number of aryl methyl sites for hydroxylation is 1. The molecule has 0 aliphatic carbocycles. The first-order valence-corrected chi connectivity index (χ1v) is 2.91. The van der Waals surface area contributed by atoms with Crippen LogP contribution in [-0.2, 0) is 11.8 Å². The van der Waals surface area contributed by atoms with Crippen molar-refractivity contribution in [3.63, 3.8) is 0 Å². The number of aromatic nitrogens is 2. The van der Waals surface area contributed by atoms with Gasteiger partial charge >= 0.3 is 0 Å². The zero-order valence-electron chi connectivity index (χ0n) is 5.24. The molecular formula is C5H5ClN2O2. The second-order valence-electron chi connectivity index (χ2n) is 1.64. The summed E-state index contributed by atoms with van der Waals surface area (Å²) in [6, 6.07) is 0. The molecule has 0 spiro atoms. The second kappa shape index (κ2) is 2.70. The largest absolute Gasteiger partial charge is 0.408 e. The van der Waals surface area contributed by atoms with Crippen LogP contribution < -0.4 is 4.74 Å². The van der Waals surface area contributed by atoms with Crippen molar-refractivity contribution in [1.29, 1.82) is 0 Å². The predicted octanol–water partition coefficient (Wildman–Crippen LogP) is 0.609. The van der Waals surface area contributed by atoms with Crippen LogP contribution in [0.25, 0.3) is 0 Å². The maximum Gasteiger partial charge on any atom is 0.299 e. The van der Waals surface area contributed by atoms with E-state index in [9.17, 15) is 4.79 Å². The summed E-state index contributed by atoms with van der Waals surface area (Å²) in [5.41, 5.74) is 0. The SMILES string of the molecule is Cn1ncc(Cl)c1OC=O. The molecule has 4 nitrogen and oxygen atoms in total. The van der Waals surface area contributed by atoms with Crippen LogP contribution >= 0.6 is 11.6 Å². The minimum atomic E-state index is 0.261. The van der Waals surface area contributed by atoms with Crippen molar-refractivity contribution in [3.05, 3.63) is 11.2 Å². The molecule has 0 saturated heterocycles. The van der Waals surface area contributed by atoms with Gasteiger partial charge in [-0.25, -0.2) is 4.68 Å². The number of ether oxygens (including phenoxy) is 1. The van der Waals surface area contributed by atoms with Gasteiger partial charge in [0.1, 0.15) is 5.02 Å². The van der Waals surface area contributed by atoms with Crippen LogP contribution in [0.4, 0.5) is 0 Å². The quantitative estimate of drug-likeness (QED) is 0.596. The van der Waals surface area contributed by atoms with Gasteiger partial charge < -0.3 is 4.74 Å². The summed E-state index contributed by atoms with van der Waals surface area (Å²) in [4.78, 5) is 9.85. The zero-order chi connectivity index (χ0) is 7.56. The van der Waals surface area contributed by atoms with E-state index >= 15 is 0 Å². The van der Waals surface area contributed by atoms with Crippen LogP contribution in [0.1, 0.15) is 0 Å². The maximum absolute atomic E-state index is 9.85.